The van der Waals surface area contributed by atoms with Gasteiger partial charge in [-0.1, -0.05) is 6.07 Å². The number of nitrogens with zero attached hydrogens (tertiary/aromatic N) is 3. The Kier molecular flexibility index (Phi) is 8.62. The van der Waals surface area contributed by atoms with E-state index in [4.69, 9.17) is 4.74 Å². The summed E-state index contributed by atoms with van der Waals surface area (Å²) in [4.78, 5) is 8.47. The molecule has 0 saturated carbocycles. The van der Waals surface area contributed by atoms with Gasteiger partial charge < -0.3 is 19.9 Å². The quantitative estimate of drug-likeness (QED) is 0.388. The van der Waals surface area contributed by atoms with Crippen molar-refractivity contribution < 1.29 is 9.13 Å². The molecule has 0 spiro atoms. The summed E-state index contributed by atoms with van der Waals surface area (Å²) < 4.78 is 21.3. The number of halogens is 1. The van der Waals surface area contributed by atoms with Crippen LogP contribution in [0.4, 0.5) is 4.39 Å². The van der Waals surface area contributed by atoms with Gasteiger partial charge in [-0.25, -0.2) is 14.4 Å². The molecule has 0 fully saturated rings. The van der Waals surface area contributed by atoms with Crippen LogP contribution >= 0.6 is 0 Å². The zero-order valence-corrected chi connectivity index (χ0v) is 15.5. The predicted octanol–water partition coefficient (Wildman–Crippen LogP) is 2.88. The Morgan fingerprint density at radius 2 is 2.15 bits per heavy atom. The van der Waals surface area contributed by atoms with Crippen LogP contribution in [0.2, 0.25) is 0 Å². The van der Waals surface area contributed by atoms with Crippen LogP contribution in [0.1, 0.15) is 32.3 Å². The first kappa shape index (κ1) is 19.9. The number of aliphatic imine (C=N–C) groups is 1. The second-order valence-corrected chi connectivity index (χ2v) is 5.78. The van der Waals surface area contributed by atoms with Crippen molar-refractivity contribution in [1.82, 2.24) is 20.2 Å². The summed E-state index contributed by atoms with van der Waals surface area (Å²) in [5.41, 5.74) is 1.30. The third-order valence-electron chi connectivity index (χ3n) is 3.77. The highest BCUT2D eigenvalue weighted by atomic mass is 19.1. The monoisotopic (exact) mass is 361 g/mol. The third kappa shape index (κ3) is 6.48. The van der Waals surface area contributed by atoms with Gasteiger partial charge in [0.1, 0.15) is 5.82 Å². The number of nitrogens with one attached hydrogen (secondary N) is 2. The van der Waals surface area contributed by atoms with Gasteiger partial charge in [-0.3, -0.25) is 0 Å². The SMILES string of the molecule is CCNC(=NCc1ccc(-n2ccnc2)c(F)c1)NCCCCOCC. The number of unbranched alkanes of at least 4 members (excludes halogenated alkanes) is 1. The predicted molar refractivity (Wildman–Crippen MR) is 102 cm³/mol. The number of ether oxygens (including phenoxy) is 1. The molecule has 2 rings (SSSR count). The maximum atomic E-state index is 14.3. The first-order chi connectivity index (χ1) is 12.7. The van der Waals surface area contributed by atoms with E-state index in [2.05, 4.69) is 20.6 Å². The standard InChI is InChI=1S/C19H28FN5O/c1-3-22-19(23-9-5-6-12-26-4-2)24-14-16-7-8-18(17(20)13-16)25-11-10-21-15-25/h7-8,10-11,13,15H,3-6,9,12,14H2,1-2H3,(H2,22,23,24). The minimum absolute atomic E-state index is 0.287. The summed E-state index contributed by atoms with van der Waals surface area (Å²) in [6.07, 6.45) is 6.95. The van der Waals surface area contributed by atoms with Gasteiger partial charge in [-0.05, 0) is 44.4 Å². The molecule has 2 N–H and O–H groups in total. The lowest BCUT2D eigenvalue weighted by Gasteiger charge is -2.11. The van der Waals surface area contributed by atoms with E-state index >= 15 is 0 Å². The van der Waals surface area contributed by atoms with Crippen molar-refractivity contribution in [3.63, 3.8) is 0 Å². The molecular formula is C19H28FN5O. The van der Waals surface area contributed by atoms with Crippen molar-refractivity contribution in [3.05, 3.63) is 48.3 Å². The third-order valence-corrected chi connectivity index (χ3v) is 3.77. The Bertz CT molecular complexity index is 673. The Morgan fingerprint density at radius 1 is 1.27 bits per heavy atom. The molecule has 26 heavy (non-hydrogen) atoms. The average Bonchev–Trinajstić information content (AvgIpc) is 3.17. The lowest BCUT2D eigenvalue weighted by molar-refractivity contribution is 0.143. The number of imidazole rings is 1. The lowest BCUT2D eigenvalue weighted by atomic mass is 10.2. The highest BCUT2D eigenvalue weighted by Gasteiger charge is 2.05. The molecule has 1 aromatic heterocycles. The van der Waals surface area contributed by atoms with Crippen molar-refractivity contribution in [2.24, 2.45) is 4.99 Å². The molecule has 7 heteroatoms. The van der Waals surface area contributed by atoms with Crippen LogP contribution in [0.25, 0.3) is 5.69 Å². The van der Waals surface area contributed by atoms with E-state index in [1.165, 1.54) is 6.07 Å². The maximum absolute atomic E-state index is 14.3. The van der Waals surface area contributed by atoms with Crippen LogP contribution in [0, 0.1) is 5.82 Å². The van der Waals surface area contributed by atoms with Gasteiger partial charge >= 0.3 is 0 Å². The van der Waals surface area contributed by atoms with E-state index in [0.717, 1.165) is 50.7 Å². The summed E-state index contributed by atoms with van der Waals surface area (Å²) in [6, 6.07) is 5.15. The van der Waals surface area contributed by atoms with Crippen LogP contribution < -0.4 is 10.6 Å². The highest BCUT2D eigenvalue weighted by Crippen LogP contribution is 2.15. The number of rotatable bonds is 10. The molecule has 0 aliphatic heterocycles. The van der Waals surface area contributed by atoms with Gasteiger partial charge in [-0.2, -0.15) is 0 Å². The molecule has 1 heterocycles. The Labute approximate surface area is 154 Å². The number of hydrogen-bond donors (Lipinski definition) is 2. The van der Waals surface area contributed by atoms with E-state index in [1.54, 1.807) is 29.4 Å². The van der Waals surface area contributed by atoms with E-state index in [1.807, 2.05) is 19.9 Å². The van der Waals surface area contributed by atoms with Crippen LogP contribution in [0.3, 0.4) is 0 Å². The minimum atomic E-state index is -0.287. The fourth-order valence-electron chi connectivity index (χ4n) is 2.45. The molecule has 0 radical (unpaired) electrons. The van der Waals surface area contributed by atoms with Gasteiger partial charge in [0.2, 0.25) is 0 Å². The fraction of sp³-hybridized carbons (Fsp3) is 0.474. The van der Waals surface area contributed by atoms with E-state index in [0.29, 0.717) is 12.2 Å². The van der Waals surface area contributed by atoms with Gasteiger partial charge in [0, 0.05) is 38.7 Å². The van der Waals surface area contributed by atoms with Crippen LogP contribution in [-0.4, -0.2) is 41.8 Å². The average molecular weight is 361 g/mol. The van der Waals surface area contributed by atoms with Crippen molar-refractivity contribution in [3.8, 4) is 5.69 Å². The zero-order valence-electron chi connectivity index (χ0n) is 15.5. The van der Waals surface area contributed by atoms with E-state index in [-0.39, 0.29) is 5.82 Å². The summed E-state index contributed by atoms with van der Waals surface area (Å²) in [7, 11) is 0. The van der Waals surface area contributed by atoms with Crippen molar-refractivity contribution in [2.75, 3.05) is 26.3 Å². The summed E-state index contributed by atoms with van der Waals surface area (Å²) in [5.74, 6) is 0.451. The molecule has 0 bridgehead atoms. The topological polar surface area (TPSA) is 63.5 Å². The normalized spacial score (nSPS) is 11.6. The molecule has 142 valence electrons. The van der Waals surface area contributed by atoms with Gasteiger partial charge in [0.15, 0.2) is 5.96 Å². The largest absolute Gasteiger partial charge is 0.382 e. The lowest BCUT2D eigenvalue weighted by Crippen LogP contribution is -2.37. The molecule has 0 aliphatic rings. The maximum Gasteiger partial charge on any atom is 0.191 e. The number of aromatic nitrogens is 2. The molecule has 0 aliphatic carbocycles. The van der Waals surface area contributed by atoms with Crippen LogP contribution in [0.5, 0.6) is 0 Å². The van der Waals surface area contributed by atoms with Crippen LogP contribution in [0.15, 0.2) is 41.9 Å². The number of hydrogen-bond acceptors (Lipinski definition) is 3. The van der Waals surface area contributed by atoms with Crippen LogP contribution in [-0.2, 0) is 11.3 Å². The van der Waals surface area contributed by atoms with Gasteiger partial charge in [0.25, 0.3) is 0 Å². The summed E-state index contributed by atoms with van der Waals surface area (Å²) >= 11 is 0. The second kappa shape index (κ2) is 11.3. The van der Waals surface area contributed by atoms with E-state index in [9.17, 15) is 4.39 Å². The Balaban J connectivity index is 1.88. The van der Waals surface area contributed by atoms with Gasteiger partial charge in [0.05, 0.1) is 18.6 Å². The smallest absolute Gasteiger partial charge is 0.191 e. The van der Waals surface area contributed by atoms with Gasteiger partial charge in [-0.15, -0.1) is 0 Å². The molecule has 0 unspecified atom stereocenters. The molecule has 0 amide bonds. The molecule has 0 atom stereocenters. The summed E-state index contributed by atoms with van der Waals surface area (Å²) in [5, 5.41) is 6.50. The van der Waals surface area contributed by atoms with Crippen molar-refractivity contribution in [1.29, 1.82) is 0 Å². The first-order valence-corrected chi connectivity index (χ1v) is 9.11. The zero-order chi connectivity index (χ0) is 18.6. The molecule has 6 nitrogen and oxygen atoms in total. The molecule has 1 aromatic carbocycles. The fourth-order valence-corrected chi connectivity index (χ4v) is 2.45. The molecule has 2 aromatic rings. The Hall–Kier alpha value is -2.41. The number of guanidine groups is 1. The summed E-state index contributed by atoms with van der Waals surface area (Å²) in [6.45, 7) is 7.58. The first-order valence-electron chi connectivity index (χ1n) is 9.11. The van der Waals surface area contributed by atoms with Crippen molar-refractivity contribution >= 4 is 5.96 Å². The molecular weight excluding hydrogens is 333 g/mol. The number of benzene rings is 1. The second-order valence-electron chi connectivity index (χ2n) is 5.78. The highest BCUT2D eigenvalue weighted by molar-refractivity contribution is 5.79. The van der Waals surface area contributed by atoms with E-state index < -0.39 is 0 Å². The minimum Gasteiger partial charge on any atom is -0.382 e. The van der Waals surface area contributed by atoms with Crippen molar-refractivity contribution in [2.45, 2.75) is 33.2 Å². The molecule has 0 saturated heterocycles. The Morgan fingerprint density at radius 3 is 2.85 bits per heavy atom.